The van der Waals surface area contributed by atoms with Gasteiger partial charge in [-0.3, -0.25) is 24.1 Å². The SMILES string of the molecule is CNC(=O)c1ccc(NC(=O)COC(=O)CN2C(=O)N[C@@](C)(C3CC3)C2=O)cc1. The lowest BCUT2D eigenvalue weighted by Crippen LogP contribution is -2.46. The van der Waals surface area contributed by atoms with Gasteiger partial charge in [0, 0.05) is 18.3 Å². The molecule has 5 amide bonds. The summed E-state index contributed by atoms with van der Waals surface area (Å²) in [6.07, 6.45) is 1.70. The summed E-state index contributed by atoms with van der Waals surface area (Å²) < 4.78 is 4.87. The Morgan fingerprint density at radius 2 is 1.86 bits per heavy atom. The van der Waals surface area contributed by atoms with Crippen molar-refractivity contribution in [3.05, 3.63) is 29.8 Å². The number of ether oxygens (including phenoxy) is 1. The lowest BCUT2D eigenvalue weighted by atomic mass is 9.96. The number of hydrogen-bond donors (Lipinski definition) is 3. The average molecular weight is 402 g/mol. The van der Waals surface area contributed by atoms with E-state index < -0.39 is 42.5 Å². The van der Waals surface area contributed by atoms with Gasteiger partial charge in [0.05, 0.1) is 0 Å². The fraction of sp³-hybridized carbons (Fsp3) is 0.421. The third-order valence-electron chi connectivity index (χ3n) is 5.00. The molecule has 1 saturated heterocycles. The number of rotatable bonds is 7. The summed E-state index contributed by atoms with van der Waals surface area (Å²) in [6, 6.07) is 5.51. The van der Waals surface area contributed by atoms with Gasteiger partial charge in [0.25, 0.3) is 17.7 Å². The fourth-order valence-corrected chi connectivity index (χ4v) is 3.16. The van der Waals surface area contributed by atoms with Gasteiger partial charge in [-0.25, -0.2) is 4.79 Å². The number of nitrogens with one attached hydrogen (secondary N) is 3. The van der Waals surface area contributed by atoms with E-state index in [2.05, 4.69) is 16.0 Å². The molecule has 1 saturated carbocycles. The largest absolute Gasteiger partial charge is 0.454 e. The standard InChI is InChI=1S/C19H22N4O6/c1-19(12-5-6-12)17(27)23(18(28)22-19)9-15(25)29-10-14(24)21-13-7-3-11(4-8-13)16(26)20-2/h3-4,7-8,12H,5-6,9-10H2,1-2H3,(H,20,26)(H,21,24)(H,22,28)/t19-/m0/s1. The minimum absolute atomic E-state index is 0.0838. The maximum absolute atomic E-state index is 12.5. The van der Waals surface area contributed by atoms with E-state index in [1.54, 1.807) is 6.92 Å². The monoisotopic (exact) mass is 402 g/mol. The molecule has 0 aromatic heterocycles. The molecule has 1 aliphatic heterocycles. The van der Waals surface area contributed by atoms with E-state index in [-0.39, 0.29) is 11.8 Å². The first-order chi connectivity index (χ1) is 13.7. The van der Waals surface area contributed by atoms with Crippen LogP contribution >= 0.6 is 0 Å². The van der Waals surface area contributed by atoms with Crippen molar-refractivity contribution in [2.45, 2.75) is 25.3 Å². The summed E-state index contributed by atoms with van der Waals surface area (Å²) in [5.74, 6) is -2.08. The number of urea groups is 1. The molecule has 29 heavy (non-hydrogen) atoms. The lowest BCUT2D eigenvalue weighted by Gasteiger charge is -2.20. The summed E-state index contributed by atoms with van der Waals surface area (Å²) in [6.45, 7) is 0.528. The number of anilines is 1. The highest BCUT2D eigenvalue weighted by atomic mass is 16.5. The van der Waals surface area contributed by atoms with Crippen LogP contribution in [-0.4, -0.2) is 60.4 Å². The topological polar surface area (TPSA) is 134 Å². The number of carbonyl (C=O) groups excluding carboxylic acids is 5. The molecule has 1 heterocycles. The maximum Gasteiger partial charge on any atom is 0.326 e. The third-order valence-corrected chi connectivity index (χ3v) is 5.00. The fourth-order valence-electron chi connectivity index (χ4n) is 3.16. The van der Waals surface area contributed by atoms with Crippen LogP contribution in [0.25, 0.3) is 0 Å². The first kappa shape index (κ1) is 20.3. The van der Waals surface area contributed by atoms with Crippen LogP contribution in [0.5, 0.6) is 0 Å². The number of nitrogens with zero attached hydrogens (tertiary/aromatic N) is 1. The predicted octanol–water partition coefficient (Wildman–Crippen LogP) is 0.248. The van der Waals surface area contributed by atoms with Crippen LogP contribution < -0.4 is 16.0 Å². The van der Waals surface area contributed by atoms with Crippen LogP contribution in [0, 0.1) is 5.92 Å². The highest BCUT2D eigenvalue weighted by Crippen LogP contribution is 2.42. The minimum Gasteiger partial charge on any atom is -0.454 e. The molecule has 154 valence electrons. The Morgan fingerprint density at radius 1 is 1.21 bits per heavy atom. The Kier molecular flexibility index (Phi) is 5.53. The third kappa shape index (κ3) is 4.36. The van der Waals surface area contributed by atoms with Gasteiger partial charge in [0.2, 0.25) is 0 Å². The molecule has 2 aliphatic rings. The molecule has 0 spiro atoms. The van der Waals surface area contributed by atoms with Gasteiger partial charge in [-0.05, 0) is 49.9 Å². The van der Waals surface area contributed by atoms with Gasteiger partial charge in [0.1, 0.15) is 12.1 Å². The van der Waals surface area contributed by atoms with E-state index in [9.17, 15) is 24.0 Å². The molecular formula is C19H22N4O6. The summed E-state index contributed by atoms with van der Waals surface area (Å²) in [5.41, 5.74) is -0.119. The number of carbonyl (C=O) groups is 5. The number of imide groups is 1. The molecule has 0 bridgehead atoms. The van der Waals surface area contributed by atoms with Crippen LogP contribution in [0.3, 0.4) is 0 Å². The van der Waals surface area contributed by atoms with Crippen molar-refractivity contribution >= 4 is 35.4 Å². The zero-order valence-electron chi connectivity index (χ0n) is 16.1. The van der Waals surface area contributed by atoms with Crippen molar-refractivity contribution < 1.29 is 28.7 Å². The number of hydrogen-bond acceptors (Lipinski definition) is 6. The Balaban J connectivity index is 1.47. The summed E-state index contributed by atoms with van der Waals surface area (Å²) in [7, 11) is 1.51. The Hall–Kier alpha value is -3.43. The van der Waals surface area contributed by atoms with Gasteiger partial charge >= 0.3 is 12.0 Å². The number of esters is 1. The minimum atomic E-state index is -0.977. The van der Waals surface area contributed by atoms with Gasteiger partial charge in [-0.2, -0.15) is 0 Å². The second-order valence-corrected chi connectivity index (χ2v) is 7.16. The van der Waals surface area contributed by atoms with Crippen molar-refractivity contribution in [1.82, 2.24) is 15.5 Å². The molecule has 1 aliphatic carbocycles. The van der Waals surface area contributed by atoms with Crippen LogP contribution in [0.4, 0.5) is 10.5 Å². The molecule has 0 radical (unpaired) electrons. The van der Waals surface area contributed by atoms with E-state index in [4.69, 9.17) is 4.74 Å². The molecule has 3 N–H and O–H groups in total. The van der Waals surface area contributed by atoms with Crippen molar-refractivity contribution in [3.8, 4) is 0 Å². The van der Waals surface area contributed by atoms with Gasteiger partial charge in [-0.1, -0.05) is 0 Å². The predicted molar refractivity (Wildman–Crippen MR) is 101 cm³/mol. The molecule has 1 atom stereocenters. The molecule has 0 unspecified atom stereocenters. The average Bonchev–Trinajstić information content (AvgIpc) is 3.52. The van der Waals surface area contributed by atoms with Crippen LogP contribution in [0.1, 0.15) is 30.1 Å². The molecular weight excluding hydrogens is 380 g/mol. The first-order valence-corrected chi connectivity index (χ1v) is 9.16. The van der Waals surface area contributed by atoms with Crippen molar-refractivity contribution in [2.24, 2.45) is 5.92 Å². The van der Waals surface area contributed by atoms with Crippen LogP contribution in [-0.2, 0) is 19.1 Å². The number of amides is 5. The maximum atomic E-state index is 12.5. The second kappa shape index (κ2) is 7.90. The van der Waals surface area contributed by atoms with E-state index in [0.29, 0.717) is 11.3 Å². The van der Waals surface area contributed by atoms with Crippen LogP contribution in [0.2, 0.25) is 0 Å². The highest BCUT2D eigenvalue weighted by Gasteiger charge is 2.56. The summed E-state index contributed by atoms with van der Waals surface area (Å²) >= 11 is 0. The zero-order valence-corrected chi connectivity index (χ0v) is 16.1. The number of benzene rings is 1. The van der Waals surface area contributed by atoms with Crippen molar-refractivity contribution in [3.63, 3.8) is 0 Å². The van der Waals surface area contributed by atoms with E-state index in [1.165, 1.54) is 31.3 Å². The van der Waals surface area contributed by atoms with Crippen molar-refractivity contribution in [2.75, 3.05) is 25.5 Å². The first-order valence-electron chi connectivity index (χ1n) is 9.16. The molecule has 1 aromatic rings. The van der Waals surface area contributed by atoms with Gasteiger partial charge < -0.3 is 20.7 Å². The molecule has 1 aromatic carbocycles. The normalized spacial score (nSPS) is 20.8. The van der Waals surface area contributed by atoms with E-state index in [0.717, 1.165) is 17.7 Å². The molecule has 3 rings (SSSR count). The molecule has 10 heteroatoms. The summed E-state index contributed by atoms with van der Waals surface area (Å²) in [5, 5.41) is 7.64. The second-order valence-electron chi connectivity index (χ2n) is 7.16. The summed E-state index contributed by atoms with van der Waals surface area (Å²) in [4.78, 5) is 60.7. The Labute approximate surface area is 166 Å². The van der Waals surface area contributed by atoms with Crippen molar-refractivity contribution in [1.29, 1.82) is 0 Å². The smallest absolute Gasteiger partial charge is 0.326 e. The Bertz CT molecular complexity index is 864. The highest BCUT2D eigenvalue weighted by molar-refractivity contribution is 6.09. The van der Waals surface area contributed by atoms with Crippen LogP contribution in [0.15, 0.2) is 24.3 Å². The quantitative estimate of drug-likeness (QED) is 0.442. The lowest BCUT2D eigenvalue weighted by molar-refractivity contribution is -0.150. The van der Waals surface area contributed by atoms with E-state index in [1.807, 2.05) is 0 Å². The zero-order chi connectivity index (χ0) is 21.2. The molecule has 10 nitrogen and oxygen atoms in total. The van der Waals surface area contributed by atoms with E-state index >= 15 is 0 Å². The van der Waals surface area contributed by atoms with Gasteiger partial charge in [0.15, 0.2) is 6.61 Å². The molecule has 2 fully saturated rings. The van der Waals surface area contributed by atoms with Gasteiger partial charge in [-0.15, -0.1) is 0 Å². The Morgan fingerprint density at radius 3 is 2.45 bits per heavy atom.